The summed E-state index contributed by atoms with van der Waals surface area (Å²) in [4.78, 5) is 36.0. The summed E-state index contributed by atoms with van der Waals surface area (Å²) >= 11 is 0. The molecule has 33 heavy (non-hydrogen) atoms. The third kappa shape index (κ3) is 6.32. The van der Waals surface area contributed by atoms with Crippen LogP contribution in [0.25, 0.3) is 11.1 Å². The van der Waals surface area contributed by atoms with Crippen molar-refractivity contribution in [3.05, 3.63) is 88.3 Å². The standard InChI is InChI=1S/C26H28N2O5/c1-17(26(32)33)14-21(27-25(31)22-15-23(29)24(30)16-28(22)2)13-10-18-8-11-20(12-9-18)19-6-4-3-5-7-19/h3-9,11-12,15-17,21,30H,10,13-14H2,1-2H3,(H,27,31)(H,32,33)/t17-,21-/m1/s1. The van der Waals surface area contributed by atoms with Crippen molar-refractivity contribution in [1.82, 2.24) is 9.88 Å². The third-order valence-corrected chi connectivity index (χ3v) is 5.69. The van der Waals surface area contributed by atoms with Crippen LogP contribution in [0.1, 0.15) is 35.8 Å². The van der Waals surface area contributed by atoms with Crippen LogP contribution in [0.2, 0.25) is 0 Å². The van der Waals surface area contributed by atoms with Crippen LogP contribution in [0.5, 0.6) is 5.75 Å². The fourth-order valence-corrected chi connectivity index (χ4v) is 3.71. The minimum absolute atomic E-state index is 0.0954. The lowest BCUT2D eigenvalue weighted by molar-refractivity contribution is -0.141. The summed E-state index contributed by atoms with van der Waals surface area (Å²) in [6, 6.07) is 18.9. The van der Waals surface area contributed by atoms with Gasteiger partial charge >= 0.3 is 5.97 Å². The average molecular weight is 449 g/mol. The lowest BCUT2D eigenvalue weighted by atomic mass is 9.95. The first-order chi connectivity index (χ1) is 15.7. The number of carbonyl (C=O) groups excluding carboxylic acids is 1. The second-order valence-corrected chi connectivity index (χ2v) is 8.27. The van der Waals surface area contributed by atoms with Crippen molar-refractivity contribution >= 4 is 11.9 Å². The molecule has 2 aromatic carbocycles. The number of pyridine rings is 1. The van der Waals surface area contributed by atoms with Gasteiger partial charge in [-0.05, 0) is 36.0 Å². The number of aromatic nitrogens is 1. The molecule has 0 aliphatic rings. The molecule has 3 aromatic rings. The van der Waals surface area contributed by atoms with Gasteiger partial charge in [-0.2, -0.15) is 0 Å². The first kappa shape index (κ1) is 23.8. The van der Waals surface area contributed by atoms with E-state index in [0.29, 0.717) is 12.8 Å². The fourth-order valence-electron chi connectivity index (χ4n) is 3.71. The molecular formula is C26H28N2O5. The number of hydrogen-bond donors (Lipinski definition) is 3. The molecule has 1 amide bonds. The molecule has 7 heteroatoms. The van der Waals surface area contributed by atoms with Crippen LogP contribution in [0, 0.1) is 5.92 Å². The first-order valence-corrected chi connectivity index (χ1v) is 10.8. The molecule has 0 spiro atoms. The molecule has 7 nitrogen and oxygen atoms in total. The molecule has 0 aliphatic carbocycles. The topological polar surface area (TPSA) is 109 Å². The molecule has 0 unspecified atom stereocenters. The Bertz CT molecular complexity index is 1170. The number of carboxylic acid groups (broad SMARTS) is 1. The molecule has 0 fully saturated rings. The highest BCUT2D eigenvalue weighted by molar-refractivity contribution is 5.92. The number of nitrogens with zero attached hydrogens (tertiary/aromatic N) is 1. The SMILES string of the molecule is C[C@H](C[C@@H](CCc1ccc(-c2ccccc2)cc1)NC(=O)c1cc(=O)c(O)cn1C)C(=O)O. The molecule has 1 heterocycles. The van der Waals surface area contributed by atoms with Gasteiger partial charge in [-0.3, -0.25) is 14.4 Å². The molecule has 0 bridgehead atoms. The smallest absolute Gasteiger partial charge is 0.306 e. The first-order valence-electron chi connectivity index (χ1n) is 10.8. The predicted molar refractivity (Wildman–Crippen MR) is 126 cm³/mol. The largest absolute Gasteiger partial charge is 0.503 e. The lowest BCUT2D eigenvalue weighted by Crippen LogP contribution is -2.39. The maximum absolute atomic E-state index is 12.8. The normalized spacial score (nSPS) is 12.7. The van der Waals surface area contributed by atoms with E-state index in [-0.39, 0.29) is 12.1 Å². The molecule has 0 saturated heterocycles. The van der Waals surface area contributed by atoms with Gasteiger partial charge in [0.2, 0.25) is 5.43 Å². The van der Waals surface area contributed by atoms with Crippen molar-refractivity contribution in [2.45, 2.75) is 32.2 Å². The summed E-state index contributed by atoms with van der Waals surface area (Å²) in [5.74, 6) is -2.50. The number of aliphatic carboxylic acids is 1. The van der Waals surface area contributed by atoms with Crippen molar-refractivity contribution in [3.63, 3.8) is 0 Å². The van der Waals surface area contributed by atoms with Crippen LogP contribution >= 0.6 is 0 Å². The van der Waals surface area contributed by atoms with Gasteiger partial charge in [0, 0.05) is 19.2 Å². The number of carboxylic acids is 1. The summed E-state index contributed by atoms with van der Waals surface area (Å²) in [5.41, 5.74) is 2.76. The third-order valence-electron chi connectivity index (χ3n) is 5.69. The zero-order chi connectivity index (χ0) is 24.0. The summed E-state index contributed by atoms with van der Waals surface area (Å²) in [7, 11) is 1.55. The maximum atomic E-state index is 12.8. The highest BCUT2D eigenvalue weighted by Gasteiger charge is 2.22. The van der Waals surface area contributed by atoms with E-state index in [1.54, 1.807) is 14.0 Å². The van der Waals surface area contributed by atoms with E-state index in [2.05, 4.69) is 5.32 Å². The minimum Gasteiger partial charge on any atom is -0.503 e. The van der Waals surface area contributed by atoms with Gasteiger partial charge in [0.15, 0.2) is 5.75 Å². The van der Waals surface area contributed by atoms with Crippen LogP contribution in [-0.2, 0) is 18.3 Å². The van der Waals surface area contributed by atoms with Crippen molar-refractivity contribution in [2.75, 3.05) is 0 Å². The predicted octanol–water partition coefficient (Wildman–Crippen LogP) is 3.60. The highest BCUT2D eigenvalue weighted by Crippen LogP contribution is 2.21. The number of hydrogen-bond acceptors (Lipinski definition) is 4. The number of amides is 1. The number of rotatable bonds is 9. The monoisotopic (exact) mass is 448 g/mol. The van der Waals surface area contributed by atoms with E-state index >= 15 is 0 Å². The van der Waals surface area contributed by atoms with Crippen molar-refractivity contribution in [1.29, 1.82) is 0 Å². The zero-order valence-electron chi connectivity index (χ0n) is 18.7. The Labute approximate surface area is 192 Å². The Morgan fingerprint density at radius 1 is 1.03 bits per heavy atom. The lowest BCUT2D eigenvalue weighted by Gasteiger charge is -2.21. The van der Waals surface area contributed by atoms with Crippen molar-refractivity contribution in [2.24, 2.45) is 13.0 Å². The maximum Gasteiger partial charge on any atom is 0.306 e. The molecule has 3 rings (SSSR count). The summed E-state index contributed by atoms with van der Waals surface area (Å²) in [6.07, 6.45) is 2.64. The number of aromatic hydroxyl groups is 1. The quantitative estimate of drug-likeness (QED) is 0.464. The van der Waals surface area contributed by atoms with Crippen LogP contribution in [0.4, 0.5) is 0 Å². The van der Waals surface area contributed by atoms with Gasteiger partial charge in [-0.1, -0.05) is 61.5 Å². The number of nitrogens with one attached hydrogen (secondary N) is 1. The molecular weight excluding hydrogens is 420 g/mol. The Balaban J connectivity index is 1.71. The fraction of sp³-hybridized carbons (Fsp3) is 0.269. The molecule has 0 aliphatic heterocycles. The van der Waals surface area contributed by atoms with E-state index in [4.69, 9.17) is 0 Å². The minimum atomic E-state index is -0.932. The van der Waals surface area contributed by atoms with Gasteiger partial charge in [-0.25, -0.2) is 0 Å². The van der Waals surface area contributed by atoms with E-state index < -0.39 is 35.0 Å². The Morgan fingerprint density at radius 2 is 1.67 bits per heavy atom. The van der Waals surface area contributed by atoms with Gasteiger partial charge in [0.25, 0.3) is 5.91 Å². The summed E-state index contributed by atoms with van der Waals surface area (Å²) in [6.45, 7) is 1.60. The van der Waals surface area contributed by atoms with Gasteiger partial charge in [-0.15, -0.1) is 0 Å². The van der Waals surface area contributed by atoms with Crippen LogP contribution < -0.4 is 10.7 Å². The molecule has 0 saturated carbocycles. The van der Waals surface area contributed by atoms with Gasteiger partial charge in [0.05, 0.1) is 12.1 Å². The number of carbonyl (C=O) groups is 2. The van der Waals surface area contributed by atoms with Crippen LogP contribution in [0.3, 0.4) is 0 Å². The van der Waals surface area contributed by atoms with E-state index in [1.165, 1.54) is 10.8 Å². The zero-order valence-corrected chi connectivity index (χ0v) is 18.7. The second kappa shape index (κ2) is 10.6. The van der Waals surface area contributed by atoms with Gasteiger partial charge in [0.1, 0.15) is 5.69 Å². The summed E-state index contributed by atoms with van der Waals surface area (Å²) < 4.78 is 1.37. The second-order valence-electron chi connectivity index (χ2n) is 8.27. The number of benzene rings is 2. The Kier molecular flexibility index (Phi) is 7.66. The van der Waals surface area contributed by atoms with Crippen LogP contribution in [-0.4, -0.2) is 32.7 Å². The number of aryl methyl sites for hydroxylation is 2. The molecule has 0 radical (unpaired) electrons. The Morgan fingerprint density at radius 3 is 2.30 bits per heavy atom. The van der Waals surface area contributed by atoms with Crippen molar-refractivity contribution < 1.29 is 19.8 Å². The average Bonchev–Trinajstić information content (AvgIpc) is 2.80. The highest BCUT2D eigenvalue weighted by atomic mass is 16.4. The van der Waals surface area contributed by atoms with E-state index in [1.807, 2.05) is 54.6 Å². The van der Waals surface area contributed by atoms with Crippen LogP contribution in [0.15, 0.2) is 71.7 Å². The van der Waals surface area contributed by atoms with E-state index in [9.17, 15) is 24.6 Å². The molecule has 172 valence electrons. The molecule has 3 N–H and O–H groups in total. The van der Waals surface area contributed by atoms with E-state index in [0.717, 1.165) is 22.8 Å². The summed E-state index contributed by atoms with van der Waals surface area (Å²) in [5, 5.41) is 21.7. The molecule has 1 aromatic heterocycles. The van der Waals surface area contributed by atoms with Gasteiger partial charge < -0.3 is 20.1 Å². The van der Waals surface area contributed by atoms with Crippen molar-refractivity contribution in [3.8, 4) is 16.9 Å². The Hall–Kier alpha value is -3.87. The molecule has 2 atom stereocenters.